The first-order valence-corrected chi connectivity index (χ1v) is 10.7. The number of nitrogens with zero attached hydrogens (tertiary/aromatic N) is 2. The Bertz CT molecular complexity index is 1300. The summed E-state index contributed by atoms with van der Waals surface area (Å²) in [6, 6.07) is 23.4. The third kappa shape index (κ3) is 4.01. The smallest absolute Gasteiger partial charge is 0.258 e. The van der Waals surface area contributed by atoms with E-state index in [0.29, 0.717) is 18.0 Å². The summed E-state index contributed by atoms with van der Waals surface area (Å²) in [5.74, 6) is 2.03. The molecule has 166 valence electrons. The van der Waals surface area contributed by atoms with Crippen molar-refractivity contribution in [3.63, 3.8) is 0 Å². The molecule has 1 aromatic heterocycles. The molecule has 33 heavy (non-hydrogen) atoms. The second-order valence-electron chi connectivity index (χ2n) is 7.83. The Morgan fingerprint density at radius 1 is 0.970 bits per heavy atom. The normalized spacial score (nSPS) is 14.7. The molecule has 1 atom stereocenters. The number of methoxy groups -OCH3 is 1. The number of rotatable bonds is 6. The van der Waals surface area contributed by atoms with Crippen LogP contribution in [0.2, 0.25) is 0 Å². The summed E-state index contributed by atoms with van der Waals surface area (Å²) >= 11 is 0. The molecule has 0 saturated heterocycles. The number of aryl methyl sites for hydroxylation is 1. The Balaban J connectivity index is 1.43. The van der Waals surface area contributed by atoms with E-state index in [1.54, 1.807) is 18.0 Å². The number of benzene rings is 3. The highest BCUT2D eigenvalue weighted by Crippen LogP contribution is 2.31. The number of carbonyl (C=O) groups is 1. The van der Waals surface area contributed by atoms with Crippen molar-refractivity contribution in [1.82, 2.24) is 15.1 Å². The first-order chi connectivity index (χ1) is 16.1. The van der Waals surface area contributed by atoms with E-state index in [2.05, 4.69) is 15.7 Å². The molecule has 3 aromatic carbocycles. The lowest BCUT2D eigenvalue weighted by Crippen LogP contribution is -2.38. The van der Waals surface area contributed by atoms with Gasteiger partial charge < -0.3 is 20.1 Å². The van der Waals surface area contributed by atoms with E-state index in [0.717, 1.165) is 33.9 Å². The number of aromatic nitrogens is 2. The molecule has 4 aromatic rings. The number of amides is 1. The Hall–Kier alpha value is -4.26. The van der Waals surface area contributed by atoms with E-state index in [4.69, 9.17) is 9.47 Å². The Kier molecular flexibility index (Phi) is 5.44. The Morgan fingerprint density at radius 2 is 1.76 bits per heavy atom. The minimum Gasteiger partial charge on any atom is -0.496 e. The van der Waals surface area contributed by atoms with Crippen LogP contribution < -0.4 is 20.1 Å². The zero-order valence-corrected chi connectivity index (χ0v) is 18.4. The molecule has 0 bridgehead atoms. The summed E-state index contributed by atoms with van der Waals surface area (Å²) in [5.41, 5.74) is 4.22. The van der Waals surface area contributed by atoms with Gasteiger partial charge in [0.05, 0.1) is 19.0 Å². The molecule has 0 aliphatic carbocycles. The summed E-state index contributed by atoms with van der Waals surface area (Å²) in [6.45, 7) is 2.35. The maximum atomic E-state index is 12.8. The molecule has 2 heterocycles. The van der Waals surface area contributed by atoms with Gasteiger partial charge in [0.1, 0.15) is 35.7 Å². The zero-order valence-electron chi connectivity index (χ0n) is 18.4. The van der Waals surface area contributed by atoms with E-state index >= 15 is 0 Å². The van der Waals surface area contributed by atoms with Crippen molar-refractivity contribution in [2.24, 2.45) is 0 Å². The van der Waals surface area contributed by atoms with Gasteiger partial charge >= 0.3 is 0 Å². The van der Waals surface area contributed by atoms with E-state index in [9.17, 15) is 4.79 Å². The van der Waals surface area contributed by atoms with Crippen molar-refractivity contribution >= 4 is 11.7 Å². The lowest BCUT2D eigenvalue weighted by Gasteiger charge is -2.27. The third-order valence-electron chi connectivity index (χ3n) is 5.69. The lowest BCUT2D eigenvalue weighted by molar-refractivity contribution is 0.0935. The van der Waals surface area contributed by atoms with Crippen LogP contribution in [0.15, 0.2) is 79.0 Å². The molecule has 7 heteroatoms. The van der Waals surface area contributed by atoms with Crippen molar-refractivity contribution in [3.05, 3.63) is 101 Å². The molecule has 0 spiro atoms. The van der Waals surface area contributed by atoms with Gasteiger partial charge in [-0.25, -0.2) is 4.68 Å². The van der Waals surface area contributed by atoms with Crippen LogP contribution in [0.3, 0.4) is 0 Å². The molecule has 1 amide bonds. The van der Waals surface area contributed by atoms with Crippen LogP contribution in [0.25, 0.3) is 5.69 Å². The second-order valence-corrected chi connectivity index (χ2v) is 7.83. The van der Waals surface area contributed by atoms with Crippen LogP contribution in [0, 0.1) is 6.92 Å². The lowest BCUT2D eigenvalue weighted by atomic mass is 10.1. The van der Waals surface area contributed by atoms with Gasteiger partial charge in [-0.3, -0.25) is 4.79 Å². The van der Waals surface area contributed by atoms with Gasteiger partial charge in [0, 0.05) is 5.56 Å². The standard InChI is InChI=1S/C26H24N4O3/c1-17-8-6-7-11-22(17)33-16-19-14-18(12-13-23(19)32-2)24-28-25-21(26(31)29-24)15-27-30(25)20-9-4-3-5-10-20/h3-15,24,28H,16H2,1-2H3,(H,29,31)/t24-/m0/s1. The molecular weight excluding hydrogens is 416 g/mol. The highest BCUT2D eigenvalue weighted by Gasteiger charge is 2.29. The molecular formula is C26H24N4O3. The molecule has 0 radical (unpaired) electrons. The van der Waals surface area contributed by atoms with Crippen molar-refractivity contribution in [2.45, 2.75) is 19.7 Å². The number of hydrogen-bond acceptors (Lipinski definition) is 5. The van der Waals surface area contributed by atoms with Crippen LogP contribution >= 0.6 is 0 Å². The predicted octanol–water partition coefficient (Wildman–Crippen LogP) is 4.62. The number of ether oxygens (including phenoxy) is 2. The number of fused-ring (bicyclic) bond motifs is 1. The summed E-state index contributed by atoms with van der Waals surface area (Å²) in [4.78, 5) is 12.8. The minimum absolute atomic E-state index is 0.176. The Morgan fingerprint density at radius 3 is 2.55 bits per heavy atom. The van der Waals surface area contributed by atoms with Crippen molar-refractivity contribution in [2.75, 3.05) is 12.4 Å². The van der Waals surface area contributed by atoms with E-state index < -0.39 is 6.17 Å². The average Bonchev–Trinajstić information content (AvgIpc) is 3.28. The van der Waals surface area contributed by atoms with Crippen LogP contribution in [0.5, 0.6) is 11.5 Å². The van der Waals surface area contributed by atoms with Crippen molar-refractivity contribution in [1.29, 1.82) is 0 Å². The maximum Gasteiger partial charge on any atom is 0.258 e. The predicted molar refractivity (Wildman–Crippen MR) is 126 cm³/mol. The van der Waals surface area contributed by atoms with Crippen LogP contribution in [0.1, 0.15) is 33.2 Å². The van der Waals surface area contributed by atoms with E-state index in [-0.39, 0.29) is 5.91 Å². The average molecular weight is 441 g/mol. The van der Waals surface area contributed by atoms with Gasteiger partial charge in [-0.05, 0) is 48.4 Å². The zero-order chi connectivity index (χ0) is 22.8. The fraction of sp³-hybridized carbons (Fsp3) is 0.154. The van der Waals surface area contributed by atoms with Gasteiger partial charge in [0.15, 0.2) is 0 Å². The van der Waals surface area contributed by atoms with Crippen molar-refractivity contribution in [3.8, 4) is 17.2 Å². The van der Waals surface area contributed by atoms with Gasteiger partial charge in [-0.1, -0.05) is 42.5 Å². The highest BCUT2D eigenvalue weighted by atomic mass is 16.5. The van der Waals surface area contributed by atoms with Crippen LogP contribution in [-0.2, 0) is 6.61 Å². The van der Waals surface area contributed by atoms with Crippen molar-refractivity contribution < 1.29 is 14.3 Å². The number of carbonyl (C=O) groups excluding carboxylic acids is 1. The molecule has 1 aliphatic heterocycles. The van der Waals surface area contributed by atoms with Gasteiger partial charge in [0.25, 0.3) is 5.91 Å². The SMILES string of the molecule is COc1ccc([C@@H]2NC(=O)c3cnn(-c4ccccc4)c3N2)cc1COc1ccccc1C. The molecule has 0 saturated carbocycles. The highest BCUT2D eigenvalue weighted by molar-refractivity contribution is 6.01. The Labute approximate surface area is 192 Å². The molecule has 0 fully saturated rings. The number of nitrogens with one attached hydrogen (secondary N) is 2. The molecule has 5 rings (SSSR count). The van der Waals surface area contributed by atoms with Crippen LogP contribution in [0.4, 0.5) is 5.82 Å². The second kappa shape index (κ2) is 8.70. The number of para-hydroxylation sites is 2. The monoisotopic (exact) mass is 440 g/mol. The fourth-order valence-electron chi connectivity index (χ4n) is 3.93. The molecule has 0 unspecified atom stereocenters. The maximum absolute atomic E-state index is 12.8. The summed E-state index contributed by atoms with van der Waals surface area (Å²) < 4.78 is 13.3. The number of hydrogen-bond donors (Lipinski definition) is 2. The minimum atomic E-state index is -0.424. The third-order valence-corrected chi connectivity index (χ3v) is 5.69. The molecule has 1 aliphatic rings. The van der Waals surface area contributed by atoms with E-state index in [1.165, 1.54) is 0 Å². The summed E-state index contributed by atoms with van der Waals surface area (Å²) in [5, 5.41) is 10.9. The topological polar surface area (TPSA) is 77.4 Å². The molecule has 2 N–H and O–H groups in total. The molecule has 7 nitrogen and oxygen atoms in total. The van der Waals surface area contributed by atoms with Gasteiger partial charge in [0.2, 0.25) is 0 Å². The summed E-state index contributed by atoms with van der Waals surface area (Å²) in [7, 11) is 1.64. The quantitative estimate of drug-likeness (QED) is 0.457. The fourth-order valence-corrected chi connectivity index (χ4v) is 3.93. The first-order valence-electron chi connectivity index (χ1n) is 10.7. The van der Waals surface area contributed by atoms with Gasteiger partial charge in [-0.15, -0.1) is 0 Å². The number of anilines is 1. The van der Waals surface area contributed by atoms with E-state index in [1.807, 2.05) is 79.7 Å². The van der Waals surface area contributed by atoms with Gasteiger partial charge in [-0.2, -0.15) is 5.10 Å². The summed E-state index contributed by atoms with van der Waals surface area (Å²) in [6.07, 6.45) is 1.16. The largest absolute Gasteiger partial charge is 0.496 e. The first kappa shape index (κ1) is 20.6. The van der Waals surface area contributed by atoms with Crippen LogP contribution in [-0.4, -0.2) is 22.8 Å².